The van der Waals surface area contributed by atoms with Gasteiger partial charge in [0.1, 0.15) is 17.0 Å². The Bertz CT molecular complexity index is 1060. The van der Waals surface area contributed by atoms with Crippen molar-refractivity contribution in [1.29, 1.82) is 0 Å². The molecule has 0 bridgehead atoms. The van der Waals surface area contributed by atoms with Gasteiger partial charge in [0, 0.05) is 18.7 Å². The van der Waals surface area contributed by atoms with Gasteiger partial charge in [-0.25, -0.2) is 23.3 Å². The van der Waals surface area contributed by atoms with Gasteiger partial charge in [0.25, 0.3) is 0 Å². The van der Waals surface area contributed by atoms with Gasteiger partial charge in [0.2, 0.25) is 0 Å². The van der Waals surface area contributed by atoms with E-state index in [0.29, 0.717) is 12.3 Å². The Morgan fingerprint density at radius 3 is 2.76 bits per heavy atom. The first kappa shape index (κ1) is 19.5. The minimum Gasteiger partial charge on any atom is -0.493 e. The molecule has 1 atom stereocenters. The van der Waals surface area contributed by atoms with Crippen LogP contribution in [0.2, 0.25) is 0 Å². The molecular weight excluding hydrogens is 382 g/mol. The molecule has 3 N–H and O–H groups in total. The van der Waals surface area contributed by atoms with E-state index < -0.39 is 17.2 Å². The van der Waals surface area contributed by atoms with Crippen LogP contribution in [0, 0.1) is 11.6 Å². The molecule has 0 amide bonds. The number of pyridine rings is 1. The summed E-state index contributed by atoms with van der Waals surface area (Å²) in [4.78, 5) is 8.63. The van der Waals surface area contributed by atoms with E-state index in [9.17, 15) is 13.9 Å². The minimum atomic E-state index is -1.30. The standard InChI is InChI=1S/C19H22F2N6O2/c1-19(2,28)16-14(29-3)9-27-18(26-16)11(8-23-27)15-12(20)6-13(21)17(25-15)24-10-4-5-22-7-10/h6,8-10,22,28H,4-5,7H2,1-3H3,(H,24,25). The Hall–Kier alpha value is -2.85. The normalized spacial score (nSPS) is 17.1. The maximum atomic E-state index is 14.6. The lowest BCUT2D eigenvalue weighted by molar-refractivity contribution is 0.0707. The highest BCUT2D eigenvalue weighted by Crippen LogP contribution is 2.32. The summed E-state index contributed by atoms with van der Waals surface area (Å²) in [6.45, 7) is 4.64. The Kier molecular flexibility index (Phi) is 4.83. The highest BCUT2D eigenvalue weighted by molar-refractivity contribution is 5.76. The topological polar surface area (TPSA) is 96.6 Å². The van der Waals surface area contributed by atoms with Crippen molar-refractivity contribution in [2.75, 3.05) is 25.5 Å². The van der Waals surface area contributed by atoms with Crippen LogP contribution in [0.5, 0.6) is 5.75 Å². The van der Waals surface area contributed by atoms with E-state index in [0.717, 1.165) is 19.0 Å². The highest BCUT2D eigenvalue weighted by atomic mass is 19.1. The van der Waals surface area contributed by atoms with Crippen LogP contribution in [0.4, 0.5) is 14.6 Å². The van der Waals surface area contributed by atoms with E-state index in [1.165, 1.54) is 17.8 Å². The monoisotopic (exact) mass is 404 g/mol. The van der Waals surface area contributed by atoms with Crippen molar-refractivity contribution >= 4 is 11.5 Å². The van der Waals surface area contributed by atoms with Crippen molar-refractivity contribution in [2.24, 2.45) is 0 Å². The zero-order chi connectivity index (χ0) is 20.8. The number of nitrogens with one attached hydrogen (secondary N) is 2. The number of hydrogen-bond donors (Lipinski definition) is 3. The molecular formula is C19H22F2N6O2. The molecule has 3 aromatic rings. The second-order valence-electron chi connectivity index (χ2n) is 7.53. The van der Waals surface area contributed by atoms with E-state index >= 15 is 0 Å². The molecule has 8 nitrogen and oxygen atoms in total. The van der Waals surface area contributed by atoms with Crippen molar-refractivity contribution in [3.63, 3.8) is 0 Å². The molecule has 10 heteroatoms. The molecule has 0 saturated carbocycles. The summed E-state index contributed by atoms with van der Waals surface area (Å²) >= 11 is 0. The quantitative estimate of drug-likeness (QED) is 0.599. The predicted octanol–water partition coefficient (Wildman–Crippen LogP) is 2.08. The third kappa shape index (κ3) is 3.60. The second-order valence-corrected chi connectivity index (χ2v) is 7.53. The third-order valence-corrected chi connectivity index (χ3v) is 4.84. The summed E-state index contributed by atoms with van der Waals surface area (Å²) in [6.07, 6.45) is 3.77. The largest absolute Gasteiger partial charge is 0.493 e. The van der Waals surface area contributed by atoms with E-state index in [2.05, 4.69) is 25.7 Å². The number of methoxy groups -OCH3 is 1. The minimum absolute atomic E-state index is 0.0170. The zero-order valence-electron chi connectivity index (χ0n) is 16.3. The van der Waals surface area contributed by atoms with Crippen molar-refractivity contribution in [3.8, 4) is 17.0 Å². The molecule has 0 aliphatic carbocycles. The molecule has 154 valence electrons. The molecule has 4 heterocycles. The number of aromatic nitrogens is 4. The Morgan fingerprint density at radius 1 is 1.31 bits per heavy atom. The van der Waals surface area contributed by atoms with Crippen molar-refractivity contribution in [3.05, 3.63) is 35.8 Å². The first-order valence-electron chi connectivity index (χ1n) is 9.27. The van der Waals surface area contributed by atoms with Gasteiger partial charge in [0.15, 0.2) is 28.8 Å². The third-order valence-electron chi connectivity index (χ3n) is 4.84. The van der Waals surface area contributed by atoms with E-state index in [1.807, 2.05) is 0 Å². The SMILES string of the molecule is COc1cn2ncc(-c3nc(NC4CCNC4)c(F)cc3F)c2nc1C(C)(C)O. The fourth-order valence-corrected chi connectivity index (χ4v) is 3.38. The Morgan fingerprint density at radius 2 is 2.10 bits per heavy atom. The molecule has 29 heavy (non-hydrogen) atoms. The fourth-order valence-electron chi connectivity index (χ4n) is 3.38. The van der Waals surface area contributed by atoms with Gasteiger partial charge in [-0.1, -0.05) is 0 Å². The number of anilines is 1. The van der Waals surface area contributed by atoms with Crippen LogP contribution in [0.25, 0.3) is 16.9 Å². The number of ether oxygens (including phenoxy) is 1. The average molecular weight is 404 g/mol. The van der Waals surface area contributed by atoms with Crippen LogP contribution < -0.4 is 15.4 Å². The van der Waals surface area contributed by atoms with Crippen molar-refractivity contribution in [2.45, 2.75) is 31.9 Å². The van der Waals surface area contributed by atoms with Crippen LogP contribution >= 0.6 is 0 Å². The van der Waals surface area contributed by atoms with Gasteiger partial charge >= 0.3 is 0 Å². The zero-order valence-corrected chi connectivity index (χ0v) is 16.3. The van der Waals surface area contributed by atoms with Crippen molar-refractivity contribution in [1.82, 2.24) is 24.9 Å². The van der Waals surface area contributed by atoms with Gasteiger partial charge < -0.3 is 20.5 Å². The molecule has 1 saturated heterocycles. The molecule has 0 spiro atoms. The molecule has 1 aliphatic heterocycles. The number of aliphatic hydroxyl groups is 1. The van der Waals surface area contributed by atoms with E-state index in [4.69, 9.17) is 4.74 Å². The number of halogens is 2. The van der Waals surface area contributed by atoms with E-state index in [1.54, 1.807) is 20.0 Å². The summed E-state index contributed by atoms with van der Waals surface area (Å²) in [5.74, 6) is -1.27. The summed E-state index contributed by atoms with van der Waals surface area (Å²) in [5, 5.41) is 20.8. The number of fused-ring (bicyclic) bond motifs is 1. The summed E-state index contributed by atoms with van der Waals surface area (Å²) in [6, 6.07) is 0.820. The first-order valence-corrected chi connectivity index (χ1v) is 9.27. The van der Waals surface area contributed by atoms with Crippen LogP contribution in [0.15, 0.2) is 18.5 Å². The average Bonchev–Trinajstić information content (AvgIpc) is 3.31. The smallest absolute Gasteiger partial charge is 0.168 e. The lowest BCUT2D eigenvalue weighted by Gasteiger charge is -2.19. The van der Waals surface area contributed by atoms with Gasteiger partial charge in [0.05, 0.1) is 25.1 Å². The fraction of sp³-hybridized carbons (Fsp3) is 0.421. The number of nitrogens with zero attached hydrogens (tertiary/aromatic N) is 4. The molecule has 4 rings (SSSR count). The number of hydrogen-bond acceptors (Lipinski definition) is 7. The Balaban J connectivity index is 1.83. The Labute approximate surface area is 165 Å². The lowest BCUT2D eigenvalue weighted by atomic mass is 10.0. The molecule has 1 fully saturated rings. The van der Waals surface area contributed by atoms with Gasteiger partial charge in [-0.15, -0.1) is 0 Å². The molecule has 1 unspecified atom stereocenters. The molecule has 3 aromatic heterocycles. The molecule has 1 aliphatic rings. The number of rotatable bonds is 5. The highest BCUT2D eigenvalue weighted by Gasteiger charge is 2.27. The first-order chi connectivity index (χ1) is 13.8. The molecule has 0 radical (unpaired) electrons. The van der Waals surface area contributed by atoms with Gasteiger partial charge in [-0.3, -0.25) is 0 Å². The summed E-state index contributed by atoms with van der Waals surface area (Å²) in [7, 11) is 1.46. The second kappa shape index (κ2) is 7.20. The van der Waals surface area contributed by atoms with Crippen LogP contribution in [-0.2, 0) is 5.60 Å². The maximum absolute atomic E-state index is 14.6. The van der Waals surface area contributed by atoms with Crippen LogP contribution in [0.3, 0.4) is 0 Å². The summed E-state index contributed by atoms with van der Waals surface area (Å²) in [5.41, 5.74) is -0.551. The van der Waals surface area contributed by atoms with Gasteiger partial charge in [-0.2, -0.15) is 5.10 Å². The van der Waals surface area contributed by atoms with Crippen molar-refractivity contribution < 1.29 is 18.6 Å². The summed E-state index contributed by atoms with van der Waals surface area (Å²) < 4.78 is 35.6. The molecule has 0 aromatic carbocycles. The van der Waals surface area contributed by atoms with Crippen LogP contribution in [-0.4, -0.2) is 50.9 Å². The predicted molar refractivity (Wildman–Crippen MR) is 103 cm³/mol. The van der Waals surface area contributed by atoms with Crippen LogP contribution in [0.1, 0.15) is 26.0 Å². The van der Waals surface area contributed by atoms with Gasteiger partial charge in [-0.05, 0) is 26.8 Å². The lowest BCUT2D eigenvalue weighted by Crippen LogP contribution is -2.23. The van der Waals surface area contributed by atoms with E-state index in [-0.39, 0.29) is 34.5 Å². The maximum Gasteiger partial charge on any atom is 0.168 e.